The highest BCUT2D eigenvalue weighted by atomic mass is 33.1. The number of hydrogen-bond acceptors (Lipinski definition) is 5. The first-order valence-corrected chi connectivity index (χ1v) is 10.5. The Morgan fingerprint density at radius 3 is 2.61 bits per heavy atom. The van der Waals surface area contributed by atoms with Gasteiger partial charge in [-0.25, -0.2) is 4.79 Å². The molecule has 1 heterocycles. The first-order valence-electron chi connectivity index (χ1n) is 8.12. The molecule has 0 unspecified atom stereocenters. The van der Waals surface area contributed by atoms with Crippen molar-refractivity contribution in [3.63, 3.8) is 0 Å². The molecule has 8 heteroatoms. The van der Waals surface area contributed by atoms with E-state index in [2.05, 4.69) is 5.32 Å². The Kier molecular flexibility index (Phi) is 10.2. The molecule has 1 aliphatic rings. The summed E-state index contributed by atoms with van der Waals surface area (Å²) < 4.78 is 0. The Morgan fingerprint density at radius 2 is 2.00 bits per heavy atom. The topological polar surface area (TPSA) is 116 Å². The lowest BCUT2D eigenvalue weighted by atomic mass is 10.1. The van der Waals surface area contributed by atoms with Crippen molar-refractivity contribution in [3.8, 4) is 0 Å². The number of carboxylic acid groups (broad SMARTS) is 1. The highest BCUT2D eigenvalue weighted by Gasteiger charge is 2.20. The van der Waals surface area contributed by atoms with Crippen molar-refractivity contribution < 1.29 is 14.7 Å². The van der Waals surface area contributed by atoms with E-state index in [1.807, 2.05) is 21.6 Å². The van der Waals surface area contributed by atoms with Crippen LogP contribution in [0, 0.1) is 5.41 Å². The lowest BCUT2D eigenvalue weighted by Crippen LogP contribution is -2.40. The van der Waals surface area contributed by atoms with Gasteiger partial charge in [0.05, 0.1) is 5.84 Å². The number of rotatable bonds is 12. The summed E-state index contributed by atoms with van der Waals surface area (Å²) in [4.78, 5) is 23.0. The van der Waals surface area contributed by atoms with Gasteiger partial charge >= 0.3 is 5.97 Å². The van der Waals surface area contributed by atoms with E-state index in [9.17, 15) is 9.59 Å². The van der Waals surface area contributed by atoms with Gasteiger partial charge in [-0.05, 0) is 32.1 Å². The summed E-state index contributed by atoms with van der Waals surface area (Å²) in [6.07, 6.45) is 6.76. The van der Waals surface area contributed by atoms with Crippen molar-refractivity contribution >= 4 is 39.3 Å². The zero-order valence-electron chi connectivity index (χ0n) is 13.4. The van der Waals surface area contributed by atoms with Crippen molar-refractivity contribution in [2.75, 3.05) is 5.75 Å². The minimum Gasteiger partial charge on any atom is -0.480 e. The SMILES string of the molecule is N=C(N)CCCC[C@H](NC(=O)CCCC[C@@H]1CCSS1)C(=O)O. The van der Waals surface area contributed by atoms with Gasteiger partial charge in [0.1, 0.15) is 6.04 Å². The predicted octanol–water partition coefficient (Wildman–Crippen LogP) is 2.77. The molecule has 0 aromatic carbocycles. The molecule has 0 aromatic rings. The number of carboxylic acids is 1. The third kappa shape index (κ3) is 9.76. The van der Waals surface area contributed by atoms with E-state index in [-0.39, 0.29) is 11.7 Å². The molecule has 1 saturated heterocycles. The van der Waals surface area contributed by atoms with Gasteiger partial charge in [-0.3, -0.25) is 10.2 Å². The van der Waals surface area contributed by atoms with Crippen LogP contribution in [-0.4, -0.2) is 39.9 Å². The van der Waals surface area contributed by atoms with Crippen LogP contribution in [0.5, 0.6) is 0 Å². The minimum absolute atomic E-state index is 0.111. The first-order chi connectivity index (χ1) is 11.0. The summed E-state index contributed by atoms with van der Waals surface area (Å²) in [7, 11) is 3.86. The molecular formula is C15H27N3O3S2. The van der Waals surface area contributed by atoms with E-state index in [0.29, 0.717) is 32.1 Å². The van der Waals surface area contributed by atoms with E-state index >= 15 is 0 Å². The monoisotopic (exact) mass is 361 g/mol. The second-order valence-corrected chi connectivity index (χ2v) is 8.59. The molecule has 2 atom stereocenters. The number of unbranched alkanes of at least 4 members (excludes halogenated alkanes) is 2. The maximum absolute atomic E-state index is 11.9. The summed E-state index contributed by atoms with van der Waals surface area (Å²) in [6.45, 7) is 0. The fourth-order valence-electron chi connectivity index (χ4n) is 2.41. The van der Waals surface area contributed by atoms with Crippen LogP contribution in [0.3, 0.4) is 0 Å². The molecule has 0 radical (unpaired) electrons. The number of amides is 1. The van der Waals surface area contributed by atoms with Gasteiger partial charge in [0.2, 0.25) is 5.91 Å². The Labute approximate surface area is 145 Å². The molecule has 5 N–H and O–H groups in total. The van der Waals surface area contributed by atoms with Crippen molar-refractivity contribution in [2.45, 2.75) is 69.1 Å². The zero-order chi connectivity index (χ0) is 17.1. The van der Waals surface area contributed by atoms with Gasteiger partial charge < -0.3 is 16.2 Å². The van der Waals surface area contributed by atoms with Gasteiger partial charge in [0.15, 0.2) is 0 Å². The largest absolute Gasteiger partial charge is 0.480 e. The summed E-state index contributed by atoms with van der Waals surface area (Å²) in [5.74, 6) is 0.150. The molecule has 0 spiro atoms. The molecule has 1 aliphatic heterocycles. The number of carbonyl (C=O) groups is 2. The number of carbonyl (C=O) groups excluding carboxylic acids is 1. The minimum atomic E-state index is -0.999. The van der Waals surface area contributed by atoms with E-state index in [0.717, 1.165) is 24.5 Å². The smallest absolute Gasteiger partial charge is 0.326 e. The maximum atomic E-state index is 11.9. The summed E-state index contributed by atoms with van der Waals surface area (Å²) in [5, 5.41) is 19.6. The summed E-state index contributed by atoms with van der Waals surface area (Å²) in [6, 6.07) is -0.837. The fourth-order valence-corrected chi connectivity index (χ4v) is 5.44. The lowest BCUT2D eigenvalue weighted by Gasteiger charge is -2.14. The second-order valence-electron chi connectivity index (χ2n) is 5.80. The van der Waals surface area contributed by atoms with Gasteiger partial charge in [-0.2, -0.15) is 0 Å². The molecule has 0 aliphatic carbocycles. The zero-order valence-corrected chi connectivity index (χ0v) is 15.0. The van der Waals surface area contributed by atoms with Crippen molar-refractivity contribution in [1.82, 2.24) is 5.32 Å². The Hall–Kier alpha value is -0.890. The second kappa shape index (κ2) is 11.6. The van der Waals surface area contributed by atoms with Gasteiger partial charge in [-0.1, -0.05) is 34.4 Å². The maximum Gasteiger partial charge on any atom is 0.326 e. The molecule has 0 bridgehead atoms. The third-order valence-electron chi connectivity index (χ3n) is 3.73. The molecule has 23 heavy (non-hydrogen) atoms. The van der Waals surface area contributed by atoms with Gasteiger partial charge in [-0.15, -0.1) is 0 Å². The molecule has 0 saturated carbocycles. The normalized spacial score (nSPS) is 18.5. The first kappa shape index (κ1) is 20.2. The molecule has 0 aromatic heterocycles. The predicted molar refractivity (Wildman–Crippen MR) is 96.9 cm³/mol. The van der Waals surface area contributed by atoms with Crippen LogP contribution < -0.4 is 11.1 Å². The number of hydrogen-bond donors (Lipinski definition) is 4. The Balaban J connectivity index is 2.14. The molecule has 1 fully saturated rings. The quantitative estimate of drug-likeness (QED) is 0.184. The summed E-state index contributed by atoms with van der Waals surface area (Å²) >= 11 is 0. The number of aliphatic carboxylic acids is 1. The highest BCUT2D eigenvalue weighted by Crippen LogP contribution is 2.39. The van der Waals surface area contributed by atoms with Crippen LogP contribution in [0.1, 0.15) is 57.8 Å². The van der Waals surface area contributed by atoms with Crippen molar-refractivity contribution in [3.05, 3.63) is 0 Å². The number of nitrogens with two attached hydrogens (primary N) is 1. The van der Waals surface area contributed by atoms with Gasteiger partial charge in [0, 0.05) is 23.8 Å². The fraction of sp³-hybridized carbons (Fsp3) is 0.800. The number of nitrogens with one attached hydrogen (secondary N) is 2. The van der Waals surface area contributed by atoms with Crippen LogP contribution in [0.25, 0.3) is 0 Å². The van der Waals surface area contributed by atoms with Gasteiger partial charge in [0.25, 0.3) is 0 Å². The molecule has 1 rings (SSSR count). The molecule has 1 amide bonds. The highest BCUT2D eigenvalue weighted by molar-refractivity contribution is 8.77. The lowest BCUT2D eigenvalue weighted by molar-refractivity contribution is -0.142. The Bertz CT molecular complexity index is 401. The van der Waals surface area contributed by atoms with E-state index in [1.54, 1.807) is 0 Å². The molecular weight excluding hydrogens is 334 g/mol. The van der Waals surface area contributed by atoms with Crippen LogP contribution in [-0.2, 0) is 9.59 Å². The standard InChI is InChI=1S/C15H27N3O3S2/c16-13(17)7-3-2-6-12(15(20)21)18-14(19)8-4-1-5-11-9-10-22-23-11/h11-12H,1-10H2,(H3,16,17)(H,18,19)(H,20,21)/t11-,12+/m1/s1. The van der Waals surface area contributed by atoms with Crippen LogP contribution in [0.4, 0.5) is 0 Å². The average molecular weight is 362 g/mol. The Morgan fingerprint density at radius 1 is 1.26 bits per heavy atom. The van der Waals surface area contributed by atoms with Crippen molar-refractivity contribution in [2.24, 2.45) is 5.73 Å². The third-order valence-corrected chi connectivity index (χ3v) is 6.74. The molecule has 6 nitrogen and oxygen atoms in total. The molecule has 132 valence electrons. The van der Waals surface area contributed by atoms with E-state index in [1.165, 1.54) is 12.2 Å². The van der Waals surface area contributed by atoms with E-state index < -0.39 is 12.0 Å². The van der Waals surface area contributed by atoms with Crippen LogP contribution in [0.15, 0.2) is 0 Å². The average Bonchev–Trinajstić information content (AvgIpc) is 2.99. The number of amidine groups is 1. The van der Waals surface area contributed by atoms with Crippen molar-refractivity contribution in [1.29, 1.82) is 5.41 Å². The van der Waals surface area contributed by atoms with Crippen LogP contribution in [0.2, 0.25) is 0 Å². The summed E-state index contributed by atoms with van der Waals surface area (Å²) in [5.41, 5.74) is 5.26. The van der Waals surface area contributed by atoms with Crippen LogP contribution >= 0.6 is 21.6 Å². The van der Waals surface area contributed by atoms with E-state index in [4.69, 9.17) is 16.2 Å².